The molecule has 0 spiro atoms. The molecule has 5 rings (SSSR count). The number of anilines is 2. The molecule has 6 heteroatoms. The van der Waals surface area contributed by atoms with Crippen molar-refractivity contribution < 1.29 is 9.47 Å². The standard InChI is InChI=1S/C23H26N4O2/c1-28-21-13-20-19(12-22(21)29-18-7-9-24-10-8-18)23(26-14-25-20)27-17-6-5-15-3-2-4-16(15)11-17/h5-6,11-14,18,24H,2-4,7-10H2,1H3,(H,25,26,27). The van der Waals surface area contributed by atoms with Gasteiger partial charge in [-0.25, -0.2) is 9.97 Å². The van der Waals surface area contributed by atoms with Crippen LogP contribution in [0.4, 0.5) is 11.5 Å². The molecule has 0 amide bonds. The maximum Gasteiger partial charge on any atom is 0.162 e. The van der Waals surface area contributed by atoms with E-state index < -0.39 is 0 Å². The average molecular weight is 390 g/mol. The molecule has 2 aliphatic rings. The fraction of sp³-hybridized carbons (Fsp3) is 0.391. The van der Waals surface area contributed by atoms with Crippen molar-refractivity contribution in [3.05, 3.63) is 47.8 Å². The van der Waals surface area contributed by atoms with E-state index in [2.05, 4.69) is 38.8 Å². The van der Waals surface area contributed by atoms with Gasteiger partial charge in [0.25, 0.3) is 0 Å². The Balaban J connectivity index is 1.49. The molecule has 2 heterocycles. The number of aryl methyl sites for hydroxylation is 2. The first kappa shape index (κ1) is 18.2. The molecule has 2 N–H and O–H groups in total. The van der Waals surface area contributed by atoms with Crippen molar-refractivity contribution in [1.82, 2.24) is 15.3 Å². The first-order chi connectivity index (χ1) is 14.3. The molecule has 1 aliphatic heterocycles. The zero-order valence-electron chi connectivity index (χ0n) is 16.7. The van der Waals surface area contributed by atoms with Gasteiger partial charge in [-0.1, -0.05) is 6.07 Å². The Bertz CT molecular complexity index is 1030. The Labute approximate surface area is 170 Å². The molecule has 1 fully saturated rings. The zero-order valence-corrected chi connectivity index (χ0v) is 16.7. The minimum Gasteiger partial charge on any atom is -0.493 e. The lowest BCUT2D eigenvalue weighted by atomic mass is 10.1. The number of nitrogens with one attached hydrogen (secondary N) is 2. The molecular weight excluding hydrogens is 364 g/mol. The number of piperidine rings is 1. The number of hydrogen-bond donors (Lipinski definition) is 2. The van der Waals surface area contributed by atoms with Gasteiger partial charge in [0.1, 0.15) is 18.2 Å². The van der Waals surface area contributed by atoms with E-state index >= 15 is 0 Å². The lowest BCUT2D eigenvalue weighted by Gasteiger charge is -2.25. The van der Waals surface area contributed by atoms with Crippen molar-refractivity contribution >= 4 is 22.4 Å². The summed E-state index contributed by atoms with van der Waals surface area (Å²) in [6.07, 6.45) is 7.35. The van der Waals surface area contributed by atoms with Crippen molar-refractivity contribution in [2.45, 2.75) is 38.2 Å². The van der Waals surface area contributed by atoms with Gasteiger partial charge in [-0.15, -0.1) is 0 Å². The van der Waals surface area contributed by atoms with E-state index in [1.54, 1.807) is 13.4 Å². The van der Waals surface area contributed by atoms with Crippen LogP contribution in [0.3, 0.4) is 0 Å². The normalized spacial score (nSPS) is 16.6. The molecule has 0 saturated carbocycles. The Kier molecular flexibility index (Phi) is 4.94. The second kappa shape index (κ2) is 7.87. The third-order valence-electron chi connectivity index (χ3n) is 5.86. The van der Waals surface area contributed by atoms with Gasteiger partial charge in [0.05, 0.1) is 12.6 Å². The second-order valence-corrected chi connectivity index (χ2v) is 7.77. The SMILES string of the molecule is COc1cc2ncnc(Nc3ccc4c(c3)CCC4)c2cc1OC1CCNCC1. The minimum absolute atomic E-state index is 0.195. The number of aromatic nitrogens is 2. The first-order valence-electron chi connectivity index (χ1n) is 10.4. The van der Waals surface area contributed by atoms with Gasteiger partial charge in [-0.2, -0.15) is 0 Å². The van der Waals surface area contributed by atoms with Crippen molar-refractivity contribution in [2.75, 3.05) is 25.5 Å². The first-order valence-corrected chi connectivity index (χ1v) is 10.4. The molecule has 1 aliphatic carbocycles. The summed E-state index contributed by atoms with van der Waals surface area (Å²) in [5, 5.41) is 7.79. The van der Waals surface area contributed by atoms with Gasteiger partial charge in [-0.3, -0.25) is 0 Å². The van der Waals surface area contributed by atoms with Gasteiger partial charge < -0.3 is 20.1 Å². The molecule has 3 aromatic rings. The number of rotatable bonds is 5. The van der Waals surface area contributed by atoms with Crippen molar-refractivity contribution in [1.29, 1.82) is 0 Å². The predicted molar refractivity (Wildman–Crippen MR) is 114 cm³/mol. The van der Waals surface area contributed by atoms with Crippen LogP contribution in [0.2, 0.25) is 0 Å². The average Bonchev–Trinajstić information content (AvgIpc) is 3.22. The summed E-state index contributed by atoms with van der Waals surface area (Å²) in [6, 6.07) is 10.5. The Morgan fingerprint density at radius 1 is 1.00 bits per heavy atom. The number of fused-ring (bicyclic) bond motifs is 2. The number of benzene rings is 2. The summed E-state index contributed by atoms with van der Waals surface area (Å²) >= 11 is 0. The highest BCUT2D eigenvalue weighted by Gasteiger charge is 2.19. The fourth-order valence-electron chi connectivity index (χ4n) is 4.29. The van der Waals surface area contributed by atoms with Gasteiger partial charge in [0.2, 0.25) is 0 Å². The van der Waals surface area contributed by atoms with Crippen LogP contribution in [0.15, 0.2) is 36.7 Å². The van der Waals surface area contributed by atoms with E-state index in [-0.39, 0.29) is 6.10 Å². The van der Waals surface area contributed by atoms with Crippen molar-refractivity contribution in [2.24, 2.45) is 0 Å². The molecular formula is C23H26N4O2. The molecule has 6 nitrogen and oxygen atoms in total. The van der Waals surface area contributed by atoms with Crippen LogP contribution >= 0.6 is 0 Å². The predicted octanol–water partition coefficient (Wildman–Crippen LogP) is 4.00. The second-order valence-electron chi connectivity index (χ2n) is 7.77. The monoisotopic (exact) mass is 390 g/mol. The Morgan fingerprint density at radius 3 is 2.72 bits per heavy atom. The summed E-state index contributed by atoms with van der Waals surface area (Å²) in [5.74, 6) is 2.24. The highest BCUT2D eigenvalue weighted by molar-refractivity contribution is 5.93. The highest BCUT2D eigenvalue weighted by Crippen LogP contribution is 2.36. The molecule has 29 heavy (non-hydrogen) atoms. The smallest absolute Gasteiger partial charge is 0.162 e. The van der Waals surface area contributed by atoms with Crippen LogP contribution in [-0.4, -0.2) is 36.3 Å². The van der Waals surface area contributed by atoms with Gasteiger partial charge >= 0.3 is 0 Å². The molecule has 150 valence electrons. The molecule has 0 unspecified atom stereocenters. The van der Waals surface area contributed by atoms with Gasteiger partial charge in [0.15, 0.2) is 11.5 Å². The number of nitrogens with zero attached hydrogens (tertiary/aromatic N) is 2. The van der Waals surface area contributed by atoms with Gasteiger partial charge in [0, 0.05) is 17.1 Å². The van der Waals surface area contributed by atoms with E-state index in [4.69, 9.17) is 9.47 Å². The minimum atomic E-state index is 0.195. The third kappa shape index (κ3) is 3.72. The van der Waals surface area contributed by atoms with Gasteiger partial charge in [-0.05, 0) is 74.5 Å². The molecule has 2 aromatic carbocycles. The van der Waals surface area contributed by atoms with Crippen molar-refractivity contribution in [3.8, 4) is 11.5 Å². The van der Waals surface area contributed by atoms with E-state index in [9.17, 15) is 0 Å². The van der Waals surface area contributed by atoms with Crippen LogP contribution in [0.1, 0.15) is 30.4 Å². The van der Waals surface area contributed by atoms with Crippen LogP contribution in [0.5, 0.6) is 11.5 Å². The summed E-state index contributed by atoms with van der Waals surface area (Å²) in [4.78, 5) is 8.95. The molecule has 0 bridgehead atoms. The molecule has 0 radical (unpaired) electrons. The maximum absolute atomic E-state index is 6.30. The quantitative estimate of drug-likeness (QED) is 0.686. The molecule has 0 atom stereocenters. The summed E-state index contributed by atoms with van der Waals surface area (Å²) in [6.45, 7) is 1.96. The lowest BCUT2D eigenvalue weighted by Crippen LogP contribution is -2.34. The largest absolute Gasteiger partial charge is 0.493 e. The van der Waals surface area contributed by atoms with Crippen LogP contribution in [0.25, 0.3) is 10.9 Å². The number of ether oxygens (including phenoxy) is 2. The molecule has 1 aromatic heterocycles. The topological polar surface area (TPSA) is 68.3 Å². The lowest BCUT2D eigenvalue weighted by molar-refractivity contribution is 0.157. The fourth-order valence-corrected chi connectivity index (χ4v) is 4.29. The highest BCUT2D eigenvalue weighted by atomic mass is 16.5. The summed E-state index contributed by atoms with van der Waals surface area (Å²) in [5.41, 5.74) is 4.79. The van der Waals surface area contributed by atoms with Crippen LogP contribution < -0.4 is 20.1 Å². The van der Waals surface area contributed by atoms with Crippen molar-refractivity contribution in [3.63, 3.8) is 0 Å². The van der Waals surface area contributed by atoms with E-state index in [0.717, 1.165) is 60.5 Å². The van der Waals surface area contributed by atoms with E-state index in [1.807, 2.05) is 12.1 Å². The zero-order chi connectivity index (χ0) is 19.6. The van der Waals surface area contributed by atoms with E-state index in [1.165, 1.54) is 24.0 Å². The maximum atomic E-state index is 6.30. The third-order valence-corrected chi connectivity index (χ3v) is 5.86. The van der Waals surface area contributed by atoms with E-state index in [0.29, 0.717) is 5.75 Å². The number of hydrogen-bond acceptors (Lipinski definition) is 6. The van der Waals surface area contributed by atoms with Crippen LogP contribution in [-0.2, 0) is 12.8 Å². The Morgan fingerprint density at radius 2 is 1.86 bits per heavy atom. The Hall–Kier alpha value is -2.86. The summed E-state index contributed by atoms with van der Waals surface area (Å²) in [7, 11) is 1.67. The van der Waals surface area contributed by atoms with Crippen LogP contribution in [0, 0.1) is 0 Å². The number of methoxy groups -OCH3 is 1. The molecule has 1 saturated heterocycles. The summed E-state index contributed by atoms with van der Waals surface area (Å²) < 4.78 is 11.9.